The van der Waals surface area contributed by atoms with Crippen LogP contribution in [0.25, 0.3) is 0 Å². The van der Waals surface area contributed by atoms with Crippen molar-refractivity contribution in [3.05, 3.63) is 52.2 Å². The predicted octanol–water partition coefficient (Wildman–Crippen LogP) is 3.12. The topological polar surface area (TPSA) is 70.1 Å². The van der Waals surface area contributed by atoms with Crippen molar-refractivity contribution >= 4 is 23.2 Å². The van der Waals surface area contributed by atoms with Gasteiger partial charge in [-0.1, -0.05) is 18.2 Å². The molecule has 1 fully saturated rings. The van der Waals surface area contributed by atoms with E-state index in [1.54, 1.807) is 17.0 Å². The normalized spacial score (nSPS) is 16.3. The molecular weight excluding hydrogens is 364 g/mol. The van der Waals surface area contributed by atoms with Gasteiger partial charge in [0.15, 0.2) is 0 Å². The van der Waals surface area contributed by atoms with Crippen molar-refractivity contribution in [1.82, 2.24) is 9.80 Å². The lowest BCUT2D eigenvalue weighted by Crippen LogP contribution is -2.50. The van der Waals surface area contributed by atoms with Gasteiger partial charge in [-0.15, -0.1) is 11.3 Å². The van der Waals surface area contributed by atoms with Crippen molar-refractivity contribution in [1.29, 1.82) is 0 Å². The van der Waals surface area contributed by atoms with Gasteiger partial charge in [0.25, 0.3) is 5.91 Å². The average Bonchev–Trinajstić information content (AvgIpc) is 3.17. The second-order valence-electron chi connectivity index (χ2n) is 6.78. The number of carbonyl (C=O) groups excluding carboxylic acids is 1. The molecule has 1 aliphatic rings. The number of carboxylic acid groups (broad SMARTS) is 1. The van der Waals surface area contributed by atoms with Crippen molar-refractivity contribution in [2.45, 2.75) is 26.0 Å². The Kier molecular flexibility index (Phi) is 6.13. The van der Waals surface area contributed by atoms with Gasteiger partial charge in [0.2, 0.25) is 0 Å². The molecule has 1 aromatic heterocycles. The van der Waals surface area contributed by atoms with Crippen molar-refractivity contribution in [3.63, 3.8) is 0 Å². The number of hydrogen-bond donors (Lipinski definition) is 1. The van der Waals surface area contributed by atoms with Gasteiger partial charge in [-0.2, -0.15) is 0 Å². The van der Waals surface area contributed by atoms with Crippen LogP contribution in [0.3, 0.4) is 0 Å². The van der Waals surface area contributed by atoms with Crippen LogP contribution in [0.15, 0.2) is 41.8 Å². The molecule has 1 aliphatic heterocycles. The average molecular weight is 388 g/mol. The zero-order valence-electron chi connectivity index (χ0n) is 15.5. The molecule has 3 rings (SSSR count). The summed E-state index contributed by atoms with van der Waals surface area (Å²) in [6, 6.07) is 10.2. The molecule has 0 aliphatic carbocycles. The number of aliphatic carboxylic acids is 1. The highest BCUT2D eigenvalue weighted by atomic mass is 32.1. The van der Waals surface area contributed by atoms with E-state index >= 15 is 0 Å². The molecule has 1 aromatic carbocycles. The van der Waals surface area contributed by atoms with E-state index in [0.717, 1.165) is 16.2 Å². The van der Waals surface area contributed by atoms with Gasteiger partial charge < -0.3 is 14.7 Å². The molecule has 1 amide bonds. The predicted molar refractivity (Wildman–Crippen MR) is 104 cm³/mol. The molecular formula is C20H24N2O4S. The zero-order chi connectivity index (χ0) is 19.4. The summed E-state index contributed by atoms with van der Waals surface area (Å²) in [4.78, 5) is 28.8. The highest BCUT2D eigenvalue weighted by Gasteiger charge is 2.32. The van der Waals surface area contributed by atoms with Crippen LogP contribution in [0.4, 0.5) is 0 Å². The number of carbonyl (C=O) groups is 2. The van der Waals surface area contributed by atoms with Gasteiger partial charge in [-0.25, -0.2) is 0 Å². The molecule has 6 nitrogen and oxygen atoms in total. The van der Waals surface area contributed by atoms with Crippen LogP contribution in [0.1, 0.15) is 35.1 Å². The zero-order valence-corrected chi connectivity index (χ0v) is 16.3. The fraction of sp³-hybridized carbons (Fsp3) is 0.400. The molecule has 1 N–H and O–H groups in total. The van der Waals surface area contributed by atoms with Gasteiger partial charge in [0.05, 0.1) is 11.0 Å². The molecule has 1 atom stereocenters. The van der Waals surface area contributed by atoms with Crippen LogP contribution in [-0.4, -0.2) is 59.1 Å². The summed E-state index contributed by atoms with van der Waals surface area (Å²) in [6.07, 6.45) is 0.0695. The van der Waals surface area contributed by atoms with Gasteiger partial charge >= 0.3 is 5.97 Å². The first-order valence-electron chi connectivity index (χ1n) is 9.02. The number of thiophene rings is 1. The molecule has 0 saturated carbocycles. The minimum atomic E-state index is -0.884. The Balaban J connectivity index is 1.66. The first-order chi connectivity index (χ1) is 13.0. The second-order valence-corrected chi connectivity index (χ2v) is 7.73. The smallest absolute Gasteiger partial charge is 0.325 e. The van der Waals surface area contributed by atoms with Crippen molar-refractivity contribution in [2.24, 2.45) is 0 Å². The number of benzene rings is 1. The molecule has 27 heavy (non-hydrogen) atoms. The number of piperazine rings is 1. The Morgan fingerprint density at radius 2 is 1.74 bits per heavy atom. The Hall–Kier alpha value is -2.38. The Morgan fingerprint density at radius 3 is 2.26 bits per heavy atom. The van der Waals surface area contributed by atoms with E-state index in [4.69, 9.17) is 4.74 Å². The van der Waals surface area contributed by atoms with Gasteiger partial charge in [-0.3, -0.25) is 14.5 Å². The first kappa shape index (κ1) is 19.4. The van der Waals surface area contributed by atoms with E-state index in [1.165, 1.54) is 11.3 Å². The van der Waals surface area contributed by atoms with Crippen LogP contribution < -0.4 is 4.74 Å². The van der Waals surface area contributed by atoms with E-state index in [1.807, 2.05) is 48.4 Å². The summed E-state index contributed by atoms with van der Waals surface area (Å²) in [7, 11) is 0. The minimum Gasteiger partial charge on any atom is -0.491 e. The van der Waals surface area contributed by atoms with Crippen LogP contribution in [0, 0.1) is 0 Å². The number of amides is 1. The third-order valence-electron chi connectivity index (χ3n) is 4.50. The molecule has 0 radical (unpaired) electrons. The monoisotopic (exact) mass is 388 g/mol. The molecule has 0 bridgehead atoms. The summed E-state index contributed by atoms with van der Waals surface area (Å²) in [6.45, 7) is 6.00. The van der Waals surface area contributed by atoms with Crippen LogP contribution in [-0.2, 0) is 4.79 Å². The maximum atomic E-state index is 12.5. The second kappa shape index (κ2) is 8.54. The van der Waals surface area contributed by atoms with Gasteiger partial charge in [0.1, 0.15) is 11.8 Å². The van der Waals surface area contributed by atoms with E-state index in [-0.39, 0.29) is 12.0 Å². The number of nitrogens with zero attached hydrogens (tertiary/aromatic N) is 2. The molecule has 2 aromatic rings. The lowest BCUT2D eigenvalue weighted by atomic mass is 10.0. The Bertz CT molecular complexity index is 766. The highest BCUT2D eigenvalue weighted by molar-refractivity contribution is 7.12. The number of rotatable bonds is 6. The molecule has 144 valence electrons. The van der Waals surface area contributed by atoms with Crippen molar-refractivity contribution in [3.8, 4) is 5.75 Å². The highest BCUT2D eigenvalue weighted by Crippen LogP contribution is 2.26. The third-order valence-corrected chi connectivity index (χ3v) is 5.36. The largest absolute Gasteiger partial charge is 0.491 e. The summed E-state index contributed by atoms with van der Waals surface area (Å²) >= 11 is 1.43. The van der Waals surface area contributed by atoms with Crippen LogP contribution in [0.5, 0.6) is 5.75 Å². The maximum Gasteiger partial charge on any atom is 0.325 e. The Morgan fingerprint density at radius 1 is 1.07 bits per heavy atom. The van der Waals surface area contributed by atoms with Crippen molar-refractivity contribution in [2.75, 3.05) is 26.2 Å². The molecule has 1 unspecified atom stereocenters. The first-order valence-corrected chi connectivity index (χ1v) is 9.90. The summed E-state index contributed by atoms with van der Waals surface area (Å²) < 4.78 is 5.63. The fourth-order valence-electron chi connectivity index (χ4n) is 3.25. The number of ether oxygens (including phenoxy) is 1. The van der Waals surface area contributed by atoms with Crippen molar-refractivity contribution < 1.29 is 19.4 Å². The third kappa shape index (κ3) is 4.67. The molecule has 0 spiro atoms. The lowest BCUT2D eigenvalue weighted by Gasteiger charge is -2.37. The van der Waals surface area contributed by atoms with Gasteiger partial charge in [0, 0.05) is 26.2 Å². The van der Waals surface area contributed by atoms with Gasteiger partial charge in [-0.05, 0) is 43.0 Å². The SMILES string of the molecule is CC(C)Oc1ccc(C(C(=O)O)N2CCN(C(=O)c3cccs3)CC2)cc1. The minimum absolute atomic E-state index is 0.0201. The quantitative estimate of drug-likeness (QED) is 0.823. The Labute approximate surface area is 163 Å². The van der Waals surface area contributed by atoms with Crippen LogP contribution in [0.2, 0.25) is 0 Å². The molecule has 2 heterocycles. The van der Waals surface area contributed by atoms with E-state index in [0.29, 0.717) is 26.2 Å². The number of carboxylic acids is 1. The van der Waals surface area contributed by atoms with E-state index < -0.39 is 12.0 Å². The van der Waals surface area contributed by atoms with E-state index in [9.17, 15) is 14.7 Å². The maximum absolute atomic E-state index is 12.5. The van der Waals surface area contributed by atoms with Crippen LogP contribution >= 0.6 is 11.3 Å². The van der Waals surface area contributed by atoms with E-state index in [2.05, 4.69) is 0 Å². The standard InChI is InChI=1S/C20H24N2O4S/c1-14(2)26-16-7-5-15(6-8-16)18(20(24)25)21-9-11-22(12-10-21)19(23)17-4-3-13-27-17/h3-8,13-14,18H,9-12H2,1-2H3,(H,24,25). The molecule has 1 saturated heterocycles. The fourth-order valence-corrected chi connectivity index (χ4v) is 3.94. The molecule has 7 heteroatoms. The lowest BCUT2D eigenvalue weighted by molar-refractivity contribution is -0.144. The summed E-state index contributed by atoms with van der Waals surface area (Å²) in [5.74, 6) is -0.137. The number of hydrogen-bond acceptors (Lipinski definition) is 5. The summed E-state index contributed by atoms with van der Waals surface area (Å²) in [5.41, 5.74) is 0.719. The summed E-state index contributed by atoms with van der Waals surface area (Å²) in [5, 5.41) is 11.7.